The lowest BCUT2D eigenvalue weighted by Crippen LogP contribution is -2.39. The molecule has 1 heterocycles. The molecule has 2 N–H and O–H groups in total. The molecule has 2 rings (SSSR count). The Morgan fingerprint density at radius 3 is 2.92 bits per heavy atom. The van der Waals surface area contributed by atoms with Crippen LogP contribution in [0.25, 0.3) is 0 Å². The Bertz CT molecular complexity index is 513. The van der Waals surface area contributed by atoms with Crippen LogP contribution in [0.4, 0.5) is 0 Å². The summed E-state index contributed by atoms with van der Waals surface area (Å²) in [4.78, 5) is 14.6. The second-order valence-corrected chi connectivity index (χ2v) is 6.06. The lowest BCUT2D eigenvalue weighted by Gasteiger charge is -2.27. The van der Waals surface area contributed by atoms with Gasteiger partial charge in [0, 0.05) is 33.4 Å². The standard InChI is InChI=1S/C18H28N2O4/c1-22-15-6-3-5-14(9-15)12-20(13-16-7-4-8-24-16)18(21)10-17(11-19)23-2/h3,5-6,9,16-17H,4,7-8,10-13,19H2,1-2H3. The van der Waals surface area contributed by atoms with Crippen LogP contribution in [0.3, 0.4) is 0 Å². The third-order valence-electron chi connectivity index (χ3n) is 4.31. The highest BCUT2D eigenvalue weighted by Gasteiger charge is 2.24. The number of hydrogen-bond donors (Lipinski definition) is 1. The van der Waals surface area contributed by atoms with Crippen molar-refractivity contribution in [3.8, 4) is 5.75 Å². The molecule has 1 aromatic carbocycles. The van der Waals surface area contributed by atoms with E-state index < -0.39 is 0 Å². The van der Waals surface area contributed by atoms with E-state index in [1.807, 2.05) is 29.2 Å². The van der Waals surface area contributed by atoms with Crippen LogP contribution in [0.2, 0.25) is 0 Å². The number of benzene rings is 1. The van der Waals surface area contributed by atoms with Gasteiger partial charge in [-0.15, -0.1) is 0 Å². The van der Waals surface area contributed by atoms with Crippen molar-refractivity contribution >= 4 is 5.91 Å². The number of carbonyl (C=O) groups is 1. The molecule has 1 aromatic rings. The molecule has 2 atom stereocenters. The van der Waals surface area contributed by atoms with E-state index in [-0.39, 0.29) is 24.5 Å². The first-order valence-electron chi connectivity index (χ1n) is 8.41. The first kappa shape index (κ1) is 18.7. The molecule has 0 aliphatic carbocycles. The molecule has 1 fully saturated rings. The van der Waals surface area contributed by atoms with E-state index in [2.05, 4.69) is 0 Å². The molecule has 134 valence electrons. The van der Waals surface area contributed by atoms with Gasteiger partial charge in [0.2, 0.25) is 5.91 Å². The average Bonchev–Trinajstić information content (AvgIpc) is 3.12. The minimum Gasteiger partial charge on any atom is -0.497 e. The fourth-order valence-electron chi connectivity index (χ4n) is 2.87. The van der Waals surface area contributed by atoms with Crippen LogP contribution in [0.5, 0.6) is 5.75 Å². The maximum Gasteiger partial charge on any atom is 0.225 e. The summed E-state index contributed by atoms with van der Waals surface area (Å²) < 4.78 is 16.2. The van der Waals surface area contributed by atoms with Crippen LogP contribution in [0, 0.1) is 0 Å². The summed E-state index contributed by atoms with van der Waals surface area (Å²) in [5.41, 5.74) is 6.68. The molecule has 0 bridgehead atoms. The van der Waals surface area contributed by atoms with Gasteiger partial charge < -0.3 is 24.8 Å². The zero-order chi connectivity index (χ0) is 17.4. The third-order valence-corrected chi connectivity index (χ3v) is 4.31. The molecule has 2 unspecified atom stereocenters. The van der Waals surface area contributed by atoms with E-state index in [1.165, 1.54) is 0 Å². The Morgan fingerprint density at radius 2 is 2.29 bits per heavy atom. The van der Waals surface area contributed by atoms with Gasteiger partial charge in [-0.3, -0.25) is 4.79 Å². The first-order chi connectivity index (χ1) is 11.7. The Labute approximate surface area is 143 Å². The van der Waals surface area contributed by atoms with Gasteiger partial charge in [-0.05, 0) is 30.5 Å². The Balaban J connectivity index is 2.07. The van der Waals surface area contributed by atoms with E-state index in [9.17, 15) is 4.79 Å². The highest BCUT2D eigenvalue weighted by molar-refractivity contribution is 5.76. The van der Waals surface area contributed by atoms with Gasteiger partial charge in [0.05, 0.1) is 25.7 Å². The molecule has 1 saturated heterocycles. The number of amides is 1. The Morgan fingerprint density at radius 1 is 1.46 bits per heavy atom. The van der Waals surface area contributed by atoms with Crippen LogP contribution in [0.15, 0.2) is 24.3 Å². The molecule has 0 spiro atoms. The largest absolute Gasteiger partial charge is 0.497 e. The van der Waals surface area contributed by atoms with Gasteiger partial charge >= 0.3 is 0 Å². The Hall–Kier alpha value is -1.63. The molecule has 6 nitrogen and oxygen atoms in total. The molecule has 1 aliphatic heterocycles. The maximum atomic E-state index is 12.7. The number of carbonyl (C=O) groups excluding carboxylic acids is 1. The molecule has 0 saturated carbocycles. The molecular weight excluding hydrogens is 308 g/mol. The van der Waals surface area contributed by atoms with E-state index in [0.29, 0.717) is 19.6 Å². The monoisotopic (exact) mass is 336 g/mol. The van der Waals surface area contributed by atoms with Crippen molar-refractivity contribution in [3.05, 3.63) is 29.8 Å². The normalized spacial score (nSPS) is 18.4. The smallest absolute Gasteiger partial charge is 0.225 e. The highest BCUT2D eigenvalue weighted by atomic mass is 16.5. The summed E-state index contributed by atoms with van der Waals surface area (Å²) in [7, 11) is 3.22. The van der Waals surface area contributed by atoms with Gasteiger partial charge in [0.15, 0.2) is 0 Å². The lowest BCUT2D eigenvalue weighted by atomic mass is 10.1. The average molecular weight is 336 g/mol. The van der Waals surface area contributed by atoms with Gasteiger partial charge in [-0.2, -0.15) is 0 Å². The van der Waals surface area contributed by atoms with E-state index in [0.717, 1.165) is 30.8 Å². The summed E-state index contributed by atoms with van der Waals surface area (Å²) in [6.45, 7) is 2.22. The predicted octanol–water partition coefficient (Wildman–Crippen LogP) is 1.57. The summed E-state index contributed by atoms with van der Waals surface area (Å²) in [6.07, 6.45) is 2.18. The summed E-state index contributed by atoms with van der Waals surface area (Å²) in [5.74, 6) is 0.819. The Kier molecular flexibility index (Phi) is 7.49. The number of methoxy groups -OCH3 is 2. The number of nitrogens with zero attached hydrogens (tertiary/aromatic N) is 1. The van der Waals surface area contributed by atoms with E-state index in [4.69, 9.17) is 19.9 Å². The van der Waals surface area contributed by atoms with Crippen molar-refractivity contribution in [1.29, 1.82) is 0 Å². The van der Waals surface area contributed by atoms with Crippen LogP contribution >= 0.6 is 0 Å². The zero-order valence-electron chi connectivity index (χ0n) is 14.6. The number of nitrogens with two attached hydrogens (primary N) is 1. The van der Waals surface area contributed by atoms with Gasteiger partial charge in [0.25, 0.3) is 0 Å². The minimum absolute atomic E-state index is 0.0330. The first-order valence-corrected chi connectivity index (χ1v) is 8.41. The number of ether oxygens (including phenoxy) is 3. The zero-order valence-corrected chi connectivity index (χ0v) is 14.6. The maximum absolute atomic E-state index is 12.7. The SMILES string of the molecule is COc1cccc(CN(CC2CCCO2)C(=O)CC(CN)OC)c1. The predicted molar refractivity (Wildman–Crippen MR) is 91.9 cm³/mol. The molecule has 0 aromatic heterocycles. The lowest BCUT2D eigenvalue weighted by molar-refractivity contribution is -0.135. The minimum atomic E-state index is -0.255. The topological polar surface area (TPSA) is 74.0 Å². The second kappa shape index (κ2) is 9.61. The van der Waals surface area contributed by atoms with Crippen molar-refractivity contribution in [3.63, 3.8) is 0 Å². The van der Waals surface area contributed by atoms with Crippen molar-refractivity contribution in [1.82, 2.24) is 4.90 Å². The van der Waals surface area contributed by atoms with E-state index in [1.54, 1.807) is 14.2 Å². The summed E-state index contributed by atoms with van der Waals surface area (Å²) in [5, 5.41) is 0. The van der Waals surface area contributed by atoms with Crippen LogP contribution in [-0.2, 0) is 20.8 Å². The van der Waals surface area contributed by atoms with Crippen LogP contribution < -0.4 is 10.5 Å². The molecule has 24 heavy (non-hydrogen) atoms. The fraction of sp³-hybridized carbons (Fsp3) is 0.611. The van der Waals surface area contributed by atoms with Crippen LogP contribution in [0.1, 0.15) is 24.8 Å². The van der Waals surface area contributed by atoms with E-state index >= 15 is 0 Å². The van der Waals surface area contributed by atoms with Gasteiger partial charge in [-0.1, -0.05) is 12.1 Å². The van der Waals surface area contributed by atoms with Crippen molar-refractivity contribution < 1.29 is 19.0 Å². The highest BCUT2D eigenvalue weighted by Crippen LogP contribution is 2.19. The molecule has 1 aliphatic rings. The quantitative estimate of drug-likeness (QED) is 0.741. The van der Waals surface area contributed by atoms with Crippen molar-refractivity contribution in [2.24, 2.45) is 5.73 Å². The van der Waals surface area contributed by atoms with Crippen molar-refractivity contribution in [2.45, 2.75) is 38.0 Å². The third kappa shape index (κ3) is 5.47. The van der Waals surface area contributed by atoms with Gasteiger partial charge in [-0.25, -0.2) is 0 Å². The number of hydrogen-bond acceptors (Lipinski definition) is 5. The summed E-state index contributed by atoms with van der Waals surface area (Å²) >= 11 is 0. The molecular formula is C18H28N2O4. The second-order valence-electron chi connectivity index (χ2n) is 6.06. The molecule has 1 amide bonds. The fourth-order valence-corrected chi connectivity index (χ4v) is 2.87. The molecule has 6 heteroatoms. The number of rotatable bonds is 9. The van der Waals surface area contributed by atoms with Crippen molar-refractivity contribution in [2.75, 3.05) is 33.9 Å². The summed E-state index contributed by atoms with van der Waals surface area (Å²) in [6, 6.07) is 7.77. The molecule has 0 radical (unpaired) electrons. The van der Waals surface area contributed by atoms with Crippen LogP contribution in [-0.4, -0.2) is 56.9 Å². The van der Waals surface area contributed by atoms with Gasteiger partial charge in [0.1, 0.15) is 5.75 Å².